The van der Waals surface area contributed by atoms with Gasteiger partial charge < -0.3 is 14.6 Å². The summed E-state index contributed by atoms with van der Waals surface area (Å²) in [5.74, 6) is 0.701. The first kappa shape index (κ1) is 19.4. The van der Waals surface area contributed by atoms with E-state index in [1.54, 1.807) is 12.1 Å². The van der Waals surface area contributed by atoms with Crippen molar-refractivity contribution in [3.63, 3.8) is 0 Å². The van der Waals surface area contributed by atoms with Crippen LogP contribution in [0, 0.1) is 5.92 Å². The fourth-order valence-corrected chi connectivity index (χ4v) is 3.61. The molecule has 146 valence electrons. The molecule has 1 aliphatic carbocycles. The molecule has 0 bridgehead atoms. The number of hydrogen-bond acceptors (Lipinski definition) is 5. The van der Waals surface area contributed by atoms with E-state index in [0.29, 0.717) is 11.4 Å². The van der Waals surface area contributed by atoms with Gasteiger partial charge in [0.15, 0.2) is 0 Å². The van der Waals surface area contributed by atoms with Crippen LogP contribution < -0.4 is 10.2 Å². The summed E-state index contributed by atoms with van der Waals surface area (Å²) in [5, 5.41) is 2.92. The number of nitrogens with zero attached hydrogens (tertiary/aromatic N) is 2. The van der Waals surface area contributed by atoms with Crippen LogP contribution in [-0.2, 0) is 27.9 Å². The van der Waals surface area contributed by atoms with Crippen LogP contribution in [0.5, 0.6) is 0 Å². The van der Waals surface area contributed by atoms with Crippen LogP contribution in [0.15, 0.2) is 41.0 Å². The Morgan fingerprint density at radius 3 is 2.52 bits per heavy atom. The SMILES string of the molecule is CN(C)c1ccc(NC(=O)C2CC2)cc1CN(Cc1ccco1)S(C)(=O)=O. The monoisotopic (exact) mass is 391 g/mol. The zero-order valence-electron chi connectivity index (χ0n) is 15.8. The van der Waals surface area contributed by atoms with Gasteiger partial charge in [-0.2, -0.15) is 4.31 Å². The molecule has 1 aromatic heterocycles. The van der Waals surface area contributed by atoms with Gasteiger partial charge >= 0.3 is 0 Å². The Morgan fingerprint density at radius 1 is 1.22 bits per heavy atom. The number of sulfonamides is 1. The van der Waals surface area contributed by atoms with Crippen molar-refractivity contribution in [2.24, 2.45) is 5.92 Å². The highest BCUT2D eigenvalue weighted by Gasteiger charge is 2.29. The highest BCUT2D eigenvalue weighted by molar-refractivity contribution is 7.88. The second-order valence-corrected chi connectivity index (χ2v) is 9.09. The molecule has 0 unspecified atom stereocenters. The van der Waals surface area contributed by atoms with Gasteiger partial charge in [-0.25, -0.2) is 8.42 Å². The molecule has 0 radical (unpaired) electrons. The van der Waals surface area contributed by atoms with Gasteiger partial charge in [0, 0.05) is 37.9 Å². The third-order valence-corrected chi connectivity index (χ3v) is 5.70. The van der Waals surface area contributed by atoms with Crippen LogP contribution in [0.4, 0.5) is 11.4 Å². The maximum absolute atomic E-state index is 12.3. The van der Waals surface area contributed by atoms with Gasteiger partial charge in [-0.1, -0.05) is 0 Å². The Kier molecular flexibility index (Phi) is 5.57. The second-order valence-electron chi connectivity index (χ2n) is 7.11. The van der Waals surface area contributed by atoms with E-state index >= 15 is 0 Å². The zero-order valence-corrected chi connectivity index (χ0v) is 16.6. The molecule has 0 atom stereocenters. The fourth-order valence-electron chi connectivity index (χ4n) is 2.87. The molecule has 3 rings (SSSR count). The Bertz CT molecular complexity index is 903. The van der Waals surface area contributed by atoms with Gasteiger partial charge in [0.05, 0.1) is 19.1 Å². The smallest absolute Gasteiger partial charge is 0.227 e. The van der Waals surface area contributed by atoms with Crippen molar-refractivity contribution in [3.8, 4) is 0 Å². The number of rotatable bonds is 8. The van der Waals surface area contributed by atoms with Gasteiger partial charge in [0.2, 0.25) is 15.9 Å². The third-order valence-electron chi connectivity index (χ3n) is 4.50. The van der Waals surface area contributed by atoms with Crippen molar-refractivity contribution in [2.45, 2.75) is 25.9 Å². The molecule has 1 aromatic carbocycles. The van der Waals surface area contributed by atoms with Crippen molar-refractivity contribution in [3.05, 3.63) is 47.9 Å². The fraction of sp³-hybridized carbons (Fsp3) is 0.421. The normalized spacial score (nSPS) is 14.4. The Morgan fingerprint density at radius 2 is 1.96 bits per heavy atom. The molecule has 8 heteroatoms. The highest BCUT2D eigenvalue weighted by Crippen LogP contribution is 2.31. The minimum absolute atomic E-state index is 0.0223. The molecule has 2 aromatic rings. The van der Waals surface area contributed by atoms with E-state index < -0.39 is 10.0 Å². The van der Waals surface area contributed by atoms with Crippen molar-refractivity contribution in [2.75, 3.05) is 30.6 Å². The summed E-state index contributed by atoms with van der Waals surface area (Å²) in [5.41, 5.74) is 2.39. The molecular formula is C19H25N3O4S. The largest absolute Gasteiger partial charge is 0.468 e. The number of carbonyl (C=O) groups is 1. The molecule has 1 saturated carbocycles. The lowest BCUT2D eigenvalue weighted by atomic mass is 10.1. The molecule has 27 heavy (non-hydrogen) atoms. The van der Waals surface area contributed by atoms with Crippen molar-refractivity contribution < 1.29 is 17.6 Å². The lowest BCUT2D eigenvalue weighted by Gasteiger charge is -2.24. The van der Waals surface area contributed by atoms with Crippen LogP contribution in [0.3, 0.4) is 0 Å². The van der Waals surface area contributed by atoms with Gasteiger partial charge in [0.1, 0.15) is 5.76 Å². The van der Waals surface area contributed by atoms with Gasteiger partial charge in [0.25, 0.3) is 0 Å². The number of furan rings is 1. The Balaban J connectivity index is 1.87. The molecule has 1 heterocycles. The predicted octanol–water partition coefficient (Wildman–Crippen LogP) is 2.66. The molecule has 1 fully saturated rings. The first-order valence-electron chi connectivity index (χ1n) is 8.82. The van der Waals surface area contributed by atoms with E-state index in [9.17, 15) is 13.2 Å². The molecule has 0 saturated heterocycles. The van der Waals surface area contributed by atoms with Crippen molar-refractivity contribution in [1.82, 2.24) is 4.31 Å². The van der Waals surface area contributed by atoms with E-state index in [1.165, 1.54) is 16.8 Å². The maximum Gasteiger partial charge on any atom is 0.227 e. The molecule has 1 N–H and O–H groups in total. The molecule has 0 aliphatic heterocycles. The molecule has 0 spiro atoms. The summed E-state index contributed by atoms with van der Waals surface area (Å²) in [6.45, 7) is 0.331. The van der Waals surface area contributed by atoms with E-state index in [4.69, 9.17) is 4.42 Å². The minimum atomic E-state index is -3.45. The van der Waals surface area contributed by atoms with Crippen LogP contribution >= 0.6 is 0 Å². The second kappa shape index (κ2) is 7.74. The van der Waals surface area contributed by atoms with Crippen LogP contribution in [0.1, 0.15) is 24.2 Å². The number of benzene rings is 1. The lowest BCUT2D eigenvalue weighted by molar-refractivity contribution is -0.117. The number of anilines is 2. The molecule has 7 nitrogen and oxygen atoms in total. The number of carbonyl (C=O) groups excluding carboxylic acids is 1. The number of nitrogens with one attached hydrogen (secondary N) is 1. The lowest BCUT2D eigenvalue weighted by Crippen LogP contribution is -2.29. The summed E-state index contributed by atoms with van der Waals surface area (Å²) in [4.78, 5) is 14.0. The summed E-state index contributed by atoms with van der Waals surface area (Å²) < 4.78 is 31.3. The van der Waals surface area contributed by atoms with Crippen LogP contribution in [0.25, 0.3) is 0 Å². The average molecular weight is 391 g/mol. The quantitative estimate of drug-likeness (QED) is 0.748. The van der Waals surface area contributed by atoms with E-state index in [0.717, 1.165) is 24.1 Å². The summed E-state index contributed by atoms with van der Waals surface area (Å²) in [6, 6.07) is 9.06. The average Bonchev–Trinajstić information content (AvgIpc) is 3.31. The molecule has 1 amide bonds. The predicted molar refractivity (Wildman–Crippen MR) is 105 cm³/mol. The highest BCUT2D eigenvalue weighted by atomic mass is 32.2. The third kappa shape index (κ3) is 5.11. The van der Waals surface area contributed by atoms with Gasteiger partial charge in [-0.15, -0.1) is 0 Å². The number of amides is 1. The summed E-state index contributed by atoms with van der Waals surface area (Å²) in [6.07, 6.45) is 4.57. The zero-order chi connectivity index (χ0) is 19.6. The van der Waals surface area contributed by atoms with Gasteiger partial charge in [-0.3, -0.25) is 4.79 Å². The first-order chi connectivity index (χ1) is 12.7. The molecular weight excluding hydrogens is 366 g/mol. The topological polar surface area (TPSA) is 82.9 Å². The van der Waals surface area contributed by atoms with Crippen LogP contribution in [0.2, 0.25) is 0 Å². The number of hydrogen-bond donors (Lipinski definition) is 1. The maximum atomic E-state index is 12.3. The first-order valence-corrected chi connectivity index (χ1v) is 10.7. The van der Waals surface area contributed by atoms with Crippen molar-refractivity contribution >= 4 is 27.3 Å². The van der Waals surface area contributed by atoms with Crippen molar-refractivity contribution in [1.29, 1.82) is 0 Å². The summed E-state index contributed by atoms with van der Waals surface area (Å²) >= 11 is 0. The van der Waals surface area contributed by atoms with Gasteiger partial charge in [-0.05, 0) is 48.7 Å². The summed E-state index contributed by atoms with van der Waals surface area (Å²) in [7, 11) is 0.349. The van der Waals surface area contributed by atoms with E-state index in [2.05, 4.69) is 5.32 Å². The molecule has 1 aliphatic rings. The minimum Gasteiger partial charge on any atom is -0.468 e. The van der Waals surface area contributed by atoms with Crippen LogP contribution in [-0.4, -0.2) is 39.0 Å². The van der Waals surface area contributed by atoms with E-state index in [-0.39, 0.29) is 24.9 Å². The Hall–Kier alpha value is -2.32. The van der Waals surface area contributed by atoms with E-state index in [1.807, 2.05) is 37.2 Å². The standard InChI is InChI=1S/C19H25N3O4S/c1-21(2)18-9-8-16(20-19(23)14-6-7-14)11-15(18)12-22(27(3,24)25)13-17-5-4-10-26-17/h4-5,8-11,14H,6-7,12-13H2,1-3H3,(H,20,23). The Labute approximate surface area is 160 Å².